The van der Waals surface area contributed by atoms with Gasteiger partial charge in [0.25, 0.3) is 0 Å². The van der Waals surface area contributed by atoms with E-state index in [1.807, 2.05) is 0 Å². The Kier molecular flexibility index (Phi) is 7.96. The fraction of sp³-hybridized carbons (Fsp3) is 0.0500. The highest BCUT2D eigenvalue weighted by atomic mass is 15.1. The minimum atomic E-state index is 1.13. The molecule has 0 amide bonds. The molecule has 0 N–H and O–H groups in total. The number of hydrogen-bond acceptors (Lipinski definition) is 2. The standard InChI is InChI=1S/C40H34N2/c1-31-17-25-38(26-18-31)42(40-16-10-9-11-32(40)2)39-29-23-34(24-30-39)20-19-33-21-27-37(28-22-33)41(35-12-5-3-6-13-35)36-14-7-4-8-15-36/h3-30H,1-2H3. The van der Waals surface area contributed by atoms with Crippen molar-refractivity contribution in [3.8, 4) is 0 Å². The SMILES string of the molecule is Cc1ccc(N(c2ccc(C=Cc3ccc(N(c4ccccc4)c4ccccc4)cc3)cc2)c2ccccc2C)cc1. The lowest BCUT2D eigenvalue weighted by Gasteiger charge is -2.27. The monoisotopic (exact) mass is 542 g/mol. The highest BCUT2D eigenvalue weighted by molar-refractivity contribution is 5.80. The Labute approximate surface area is 249 Å². The van der Waals surface area contributed by atoms with Gasteiger partial charge in [-0.15, -0.1) is 0 Å². The van der Waals surface area contributed by atoms with Crippen molar-refractivity contribution in [2.24, 2.45) is 0 Å². The number of rotatable bonds is 8. The molecule has 0 spiro atoms. The Morgan fingerprint density at radius 3 is 1.21 bits per heavy atom. The Balaban J connectivity index is 1.24. The van der Waals surface area contributed by atoms with Gasteiger partial charge in [-0.25, -0.2) is 0 Å². The summed E-state index contributed by atoms with van der Waals surface area (Å²) in [6.07, 6.45) is 4.35. The Morgan fingerprint density at radius 2 is 0.738 bits per heavy atom. The van der Waals surface area contributed by atoms with Gasteiger partial charge in [0.15, 0.2) is 0 Å². The lowest BCUT2D eigenvalue weighted by atomic mass is 10.1. The first-order valence-corrected chi connectivity index (χ1v) is 14.4. The lowest BCUT2D eigenvalue weighted by Crippen LogP contribution is -2.11. The van der Waals surface area contributed by atoms with Gasteiger partial charge in [-0.05, 0) is 97.3 Å². The molecule has 204 valence electrons. The maximum Gasteiger partial charge on any atom is 0.0490 e. The molecular weight excluding hydrogens is 508 g/mol. The van der Waals surface area contributed by atoms with Gasteiger partial charge in [0, 0.05) is 34.1 Å². The predicted octanol–water partition coefficient (Wildman–Crippen LogP) is 11.4. The maximum absolute atomic E-state index is 2.33. The van der Waals surface area contributed by atoms with Crippen molar-refractivity contribution >= 4 is 46.3 Å². The molecular formula is C40H34N2. The average molecular weight is 543 g/mol. The second kappa shape index (κ2) is 12.4. The highest BCUT2D eigenvalue weighted by Gasteiger charge is 2.14. The molecule has 0 bridgehead atoms. The molecule has 2 nitrogen and oxygen atoms in total. The maximum atomic E-state index is 2.33. The molecule has 0 unspecified atom stereocenters. The number of hydrogen-bond donors (Lipinski definition) is 0. The van der Waals surface area contributed by atoms with Gasteiger partial charge in [0.1, 0.15) is 0 Å². The third-order valence-electron chi connectivity index (χ3n) is 7.45. The topological polar surface area (TPSA) is 6.48 Å². The quantitative estimate of drug-likeness (QED) is 0.176. The minimum absolute atomic E-state index is 1.13. The first-order valence-electron chi connectivity index (χ1n) is 14.4. The van der Waals surface area contributed by atoms with Crippen molar-refractivity contribution in [2.75, 3.05) is 9.80 Å². The number of benzene rings is 6. The summed E-state index contributed by atoms with van der Waals surface area (Å²) in [5.41, 5.74) is 11.7. The molecule has 0 radical (unpaired) electrons. The Morgan fingerprint density at radius 1 is 0.357 bits per heavy atom. The fourth-order valence-corrected chi connectivity index (χ4v) is 5.20. The average Bonchev–Trinajstić information content (AvgIpc) is 3.04. The summed E-state index contributed by atoms with van der Waals surface area (Å²) in [6.45, 7) is 4.29. The van der Waals surface area contributed by atoms with E-state index in [0.29, 0.717) is 0 Å². The molecule has 6 rings (SSSR count). The van der Waals surface area contributed by atoms with Gasteiger partial charge >= 0.3 is 0 Å². The minimum Gasteiger partial charge on any atom is -0.311 e. The number of nitrogens with zero attached hydrogens (tertiary/aromatic N) is 2. The second-order valence-corrected chi connectivity index (χ2v) is 10.5. The second-order valence-electron chi connectivity index (χ2n) is 10.5. The van der Waals surface area contributed by atoms with Gasteiger partial charge in [-0.3, -0.25) is 0 Å². The number of aryl methyl sites for hydroxylation is 2. The van der Waals surface area contributed by atoms with Crippen LogP contribution in [0.5, 0.6) is 0 Å². The molecule has 0 aromatic heterocycles. The van der Waals surface area contributed by atoms with Gasteiger partial charge in [-0.1, -0.05) is 109 Å². The molecule has 6 aromatic carbocycles. The van der Waals surface area contributed by atoms with E-state index >= 15 is 0 Å². The van der Waals surface area contributed by atoms with Crippen molar-refractivity contribution in [3.63, 3.8) is 0 Å². The Hall–Kier alpha value is -5.34. The highest BCUT2D eigenvalue weighted by Crippen LogP contribution is 2.37. The molecule has 0 fully saturated rings. The van der Waals surface area contributed by atoms with E-state index in [1.165, 1.54) is 16.8 Å². The first-order chi connectivity index (χ1) is 20.7. The van der Waals surface area contributed by atoms with Crippen LogP contribution in [-0.2, 0) is 0 Å². The molecule has 0 heterocycles. The zero-order valence-electron chi connectivity index (χ0n) is 24.1. The van der Waals surface area contributed by atoms with Gasteiger partial charge in [-0.2, -0.15) is 0 Å². The molecule has 0 aliphatic heterocycles. The normalized spacial score (nSPS) is 11.0. The van der Waals surface area contributed by atoms with E-state index in [2.05, 4.69) is 194 Å². The smallest absolute Gasteiger partial charge is 0.0490 e. The van der Waals surface area contributed by atoms with E-state index in [1.54, 1.807) is 0 Å². The summed E-state index contributed by atoms with van der Waals surface area (Å²) in [7, 11) is 0. The molecule has 0 saturated carbocycles. The third kappa shape index (κ3) is 6.04. The van der Waals surface area contributed by atoms with Crippen LogP contribution in [0.15, 0.2) is 158 Å². The molecule has 0 aliphatic rings. The third-order valence-corrected chi connectivity index (χ3v) is 7.45. The molecule has 6 aromatic rings. The van der Waals surface area contributed by atoms with Gasteiger partial charge in [0.2, 0.25) is 0 Å². The van der Waals surface area contributed by atoms with Crippen molar-refractivity contribution in [1.82, 2.24) is 0 Å². The van der Waals surface area contributed by atoms with Crippen LogP contribution in [0.1, 0.15) is 22.3 Å². The van der Waals surface area contributed by atoms with Crippen LogP contribution < -0.4 is 9.80 Å². The van der Waals surface area contributed by atoms with Crippen LogP contribution in [0.25, 0.3) is 12.2 Å². The predicted molar refractivity (Wildman–Crippen MR) is 181 cm³/mol. The van der Waals surface area contributed by atoms with Crippen molar-refractivity contribution in [1.29, 1.82) is 0 Å². The molecule has 0 aliphatic carbocycles. The summed E-state index contributed by atoms with van der Waals surface area (Å²) in [5.74, 6) is 0. The summed E-state index contributed by atoms with van der Waals surface area (Å²) >= 11 is 0. The van der Waals surface area contributed by atoms with E-state index in [9.17, 15) is 0 Å². The Bertz CT molecular complexity index is 1710. The van der Waals surface area contributed by atoms with Crippen LogP contribution in [-0.4, -0.2) is 0 Å². The summed E-state index contributed by atoms with van der Waals surface area (Å²) in [4.78, 5) is 4.60. The summed E-state index contributed by atoms with van der Waals surface area (Å²) in [6, 6.07) is 55.7. The molecule has 42 heavy (non-hydrogen) atoms. The number of anilines is 6. The summed E-state index contributed by atoms with van der Waals surface area (Å²) in [5, 5.41) is 0. The van der Waals surface area contributed by atoms with Crippen LogP contribution in [0.3, 0.4) is 0 Å². The van der Waals surface area contributed by atoms with Crippen LogP contribution >= 0.6 is 0 Å². The van der Waals surface area contributed by atoms with Crippen LogP contribution in [0.4, 0.5) is 34.1 Å². The lowest BCUT2D eigenvalue weighted by molar-refractivity contribution is 1.24. The zero-order chi connectivity index (χ0) is 28.7. The van der Waals surface area contributed by atoms with Crippen molar-refractivity contribution in [2.45, 2.75) is 13.8 Å². The summed E-state index contributed by atoms with van der Waals surface area (Å²) < 4.78 is 0. The molecule has 2 heteroatoms. The van der Waals surface area contributed by atoms with E-state index in [-0.39, 0.29) is 0 Å². The van der Waals surface area contributed by atoms with Crippen LogP contribution in [0, 0.1) is 13.8 Å². The van der Waals surface area contributed by atoms with Crippen molar-refractivity contribution in [3.05, 3.63) is 180 Å². The van der Waals surface area contributed by atoms with Crippen molar-refractivity contribution < 1.29 is 0 Å². The zero-order valence-corrected chi connectivity index (χ0v) is 24.1. The van der Waals surface area contributed by atoms with E-state index < -0.39 is 0 Å². The first kappa shape index (κ1) is 26.9. The van der Waals surface area contributed by atoms with Crippen LogP contribution in [0.2, 0.25) is 0 Å². The molecule has 0 saturated heterocycles. The van der Waals surface area contributed by atoms with Gasteiger partial charge < -0.3 is 9.80 Å². The number of para-hydroxylation sites is 3. The fourth-order valence-electron chi connectivity index (χ4n) is 5.20. The van der Waals surface area contributed by atoms with E-state index in [0.717, 1.165) is 39.6 Å². The largest absolute Gasteiger partial charge is 0.311 e. The van der Waals surface area contributed by atoms with E-state index in [4.69, 9.17) is 0 Å². The molecule has 0 atom stereocenters. The van der Waals surface area contributed by atoms with Gasteiger partial charge in [0.05, 0.1) is 0 Å².